The maximum absolute atomic E-state index is 11.4. The van der Waals surface area contributed by atoms with Crippen molar-refractivity contribution in [2.45, 2.75) is 6.92 Å². The summed E-state index contributed by atoms with van der Waals surface area (Å²) < 4.78 is 0. The number of hydrogen-bond donors (Lipinski definition) is 2. The highest BCUT2D eigenvalue weighted by Crippen LogP contribution is 2.31. The number of anilines is 5. The summed E-state index contributed by atoms with van der Waals surface area (Å²) in [4.78, 5) is 23.7. The molecule has 2 heterocycles. The summed E-state index contributed by atoms with van der Waals surface area (Å²) in [6, 6.07) is 15.1. The second-order valence-electron chi connectivity index (χ2n) is 6.05. The van der Waals surface area contributed by atoms with Crippen LogP contribution in [-0.2, 0) is 4.79 Å². The highest BCUT2D eigenvalue weighted by molar-refractivity contribution is 5.86. The van der Waals surface area contributed by atoms with Gasteiger partial charge in [-0.05, 0) is 55.5 Å². The van der Waals surface area contributed by atoms with Crippen molar-refractivity contribution in [1.29, 1.82) is 5.41 Å². The van der Waals surface area contributed by atoms with E-state index in [0.717, 1.165) is 29.0 Å². The molecule has 3 aromatic rings. The van der Waals surface area contributed by atoms with E-state index < -0.39 is 0 Å². The van der Waals surface area contributed by atoms with E-state index in [1.54, 1.807) is 23.4 Å². The predicted molar refractivity (Wildman–Crippen MR) is 113 cm³/mol. The van der Waals surface area contributed by atoms with Gasteiger partial charge < -0.3 is 20.5 Å². The molecule has 1 aromatic carbocycles. The van der Waals surface area contributed by atoms with E-state index >= 15 is 0 Å². The average Bonchev–Trinajstić information content (AvgIpc) is 2.75. The molecule has 0 aliphatic rings. The molecule has 0 saturated heterocycles. The van der Waals surface area contributed by atoms with E-state index in [-0.39, 0.29) is 0 Å². The molecular weight excluding hydrogens is 352 g/mol. The minimum absolute atomic E-state index is 0.568. The van der Waals surface area contributed by atoms with Gasteiger partial charge in [0, 0.05) is 49.1 Å². The Labute approximate surface area is 164 Å². The molecule has 142 valence electrons. The Hall–Kier alpha value is -3.74. The van der Waals surface area contributed by atoms with Gasteiger partial charge >= 0.3 is 0 Å². The summed E-state index contributed by atoms with van der Waals surface area (Å²) in [5.74, 6) is 1.34. The molecule has 0 aliphatic carbocycles. The van der Waals surface area contributed by atoms with Gasteiger partial charge in [0.05, 0.1) is 5.69 Å². The zero-order chi connectivity index (χ0) is 19.9. The molecule has 2 N–H and O–H groups in total. The Morgan fingerprint density at radius 3 is 2.46 bits per heavy atom. The van der Waals surface area contributed by atoms with Crippen LogP contribution in [0.15, 0.2) is 60.9 Å². The zero-order valence-electron chi connectivity index (χ0n) is 15.8. The van der Waals surface area contributed by atoms with E-state index in [1.165, 1.54) is 6.21 Å². The summed E-state index contributed by atoms with van der Waals surface area (Å²) in [6.45, 7) is 2.49. The van der Waals surface area contributed by atoms with Crippen LogP contribution >= 0.6 is 0 Å². The monoisotopic (exact) mass is 374 g/mol. The van der Waals surface area contributed by atoms with Gasteiger partial charge in [-0.25, -0.2) is 9.97 Å². The molecule has 0 spiro atoms. The first kappa shape index (κ1) is 19.0. The van der Waals surface area contributed by atoms with E-state index in [9.17, 15) is 4.79 Å². The lowest BCUT2D eigenvalue weighted by Gasteiger charge is -2.25. The van der Waals surface area contributed by atoms with E-state index in [0.29, 0.717) is 18.2 Å². The number of benzene rings is 1. The van der Waals surface area contributed by atoms with Crippen molar-refractivity contribution in [3.8, 4) is 0 Å². The summed E-state index contributed by atoms with van der Waals surface area (Å²) in [5, 5.41) is 10.7. The second-order valence-corrected chi connectivity index (χ2v) is 6.05. The van der Waals surface area contributed by atoms with Crippen molar-refractivity contribution >= 4 is 41.3 Å². The van der Waals surface area contributed by atoms with Gasteiger partial charge in [0.1, 0.15) is 5.82 Å². The lowest BCUT2D eigenvalue weighted by molar-refractivity contribution is -0.107. The first-order valence-corrected chi connectivity index (χ1v) is 8.91. The van der Waals surface area contributed by atoms with E-state index in [2.05, 4.69) is 15.3 Å². The normalized spacial score (nSPS) is 10.2. The molecule has 0 fully saturated rings. The summed E-state index contributed by atoms with van der Waals surface area (Å²) in [6.07, 6.45) is 5.48. The van der Waals surface area contributed by atoms with Crippen LogP contribution in [-0.4, -0.2) is 36.2 Å². The Morgan fingerprint density at radius 2 is 1.79 bits per heavy atom. The Balaban J connectivity index is 1.84. The topological polar surface area (TPSA) is 85.2 Å². The molecule has 0 atom stereocenters. The van der Waals surface area contributed by atoms with Gasteiger partial charge in [0.2, 0.25) is 6.41 Å². The van der Waals surface area contributed by atoms with Crippen molar-refractivity contribution in [1.82, 2.24) is 9.97 Å². The van der Waals surface area contributed by atoms with Crippen molar-refractivity contribution < 1.29 is 4.79 Å². The zero-order valence-corrected chi connectivity index (χ0v) is 15.8. The van der Waals surface area contributed by atoms with Crippen molar-refractivity contribution in [2.75, 3.05) is 28.7 Å². The first-order valence-electron chi connectivity index (χ1n) is 8.91. The summed E-state index contributed by atoms with van der Waals surface area (Å²) in [5.41, 5.74) is 3.27. The smallest absolute Gasteiger partial charge is 0.214 e. The fourth-order valence-electron chi connectivity index (χ4n) is 2.84. The number of aromatic nitrogens is 2. The molecule has 0 saturated carbocycles. The van der Waals surface area contributed by atoms with Gasteiger partial charge in [-0.2, -0.15) is 0 Å². The van der Waals surface area contributed by atoms with Gasteiger partial charge in [0.15, 0.2) is 5.82 Å². The van der Waals surface area contributed by atoms with E-state index in [1.807, 2.05) is 61.3 Å². The van der Waals surface area contributed by atoms with Crippen LogP contribution in [0.2, 0.25) is 0 Å². The number of carbonyl (C=O) groups excluding carboxylic acids is 1. The number of nitrogens with zero attached hydrogens (tertiary/aromatic N) is 4. The van der Waals surface area contributed by atoms with Crippen LogP contribution in [0.4, 0.5) is 28.7 Å². The Morgan fingerprint density at radius 1 is 1.07 bits per heavy atom. The number of amides is 1. The number of nitrogens with one attached hydrogen (secondary N) is 2. The number of rotatable bonds is 8. The number of carbonyl (C=O) groups is 1. The maximum atomic E-state index is 11.4. The number of hydrogen-bond acceptors (Lipinski definition) is 6. The van der Waals surface area contributed by atoms with Gasteiger partial charge in [-0.15, -0.1) is 0 Å². The Bertz CT molecular complexity index is 957. The molecule has 0 aliphatic heterocycles. The third kappa shape index (κ3) is 3.98. The lowest BCUT2D eigenvalue weighted by Crippen LogP contribution is -2.24. The van der Waals surface area contributed by atoms with Gasteiger partial charge in [-0.3, -0.25) is 4.79 Å². The fraction of sp³-hybridized carbons (Fsp3) is 0.143. The third-order valence-electron chi connectivity index (χ3n) is 4.37. The molecule has 0 radical (unpaired) electrons. The van der Waals surface area contributed by atoms with Crippen molar-refractivity contribution in [2.24, 2.45) is 0 Å². The third-order valence-corrected chi connectivity index (χ3v) is 4.37. The van der Waals surface area contributed by atoms with Gasteiger partial charge in [0.25, 0.3) is 0 Å². The van der Waals surface area contributed by atoms with Crippen LogP contribution in [0, 0.1) is 5.41 Å². The molecule has 3 rings (SSSR count). The Kier molecular flexibility index (Phi) is 5.96. The summed E-state index contributed by atoms with van der Waals surface area (Å²) in [7, 11) is 1.92. The summed E-state index contributed by atoms with van der Waals surface area (Å²) >= 11 is 0. The number of pyridine rings is 2. The van der Waals surface area contributed by atoms with Crippen LogP contribution in [0.1, 0.15) is 12.5 Å². The molecule has 1 amide bonds. The molecule has 0 unspecified atom stereocenters. The minimum atomic E-state index is 0.568. The van der Waals surface area contributed by atoms with Crippen LogP contribution in [0.3, 0.4) is 0 Å². The largest absolute Gasteiger partial charge is 0.340 e. The maximum Gasteiger partial charge on any atom is 0.214 e. The lowest BCUT2D eigenvalue weighted by atomic mass is 10.2. The molecular formula is C21H22N6O. The SMILES string of the molecule is CCN(C=O)c1cccnc1N(C)c1ccc(Nc2ncccc2C=N)cc1. The second kappa shape index (κ2) is 8.77. The van der Waals surface area contributed by atoms with Gasteiger partial charge in [-0.1, -0.05) is 0 Å². The van der Waals surface area contributed by atoms with Crippen LogP contribution < -0.4 is 15.1 Å². The molecule has 7 nitrogen and oxygen atoms in total. The van der Waals surface area contributed by atoms with Crippen LogP contribution in [0.5, 0.6) is 0 Å². The standard InChI is InChI=1S/C21H22N6O/c1-3-27(15-28)19-7-5-13-24-21(19)26(2)18-10-8-17(9-11-18)25-20-16(14-22)6-4-12-23-20/h4-15,22H,3H2,1-2H3,(H,23,25). The highest BCUT2D eigenvalue weighted by Gasteiger charge is 2.15. The quantitative estimate of drug-likeness (QED) is 0.460. The van der Waals surface area contributed by atoms with Crippen molar-refractivity contribution in [3.63, 3.8) is 0 Å². The average molecular weight is 374 g/mol. The molecule has 2 aromatic heterocycles. The predicted octanol–water partition coefficient (Wildman–Crippen LogP) is 3.97. The van der Waals surface area contributed by atoms with E-state index in [4.69, 9.17) is 5.41 Å². The fourth-order valence-corrected chi connectivity index (χ4v) is 2.84. The molecule has 7 heteroatoms. The first-order chi connectivity index (χ1) is 13.7. The highest BCUT2D eigenvalue weighted by atomic mass is 16.1. The van der Waals surface area contributed by atoms with Crippen molar-refractivity contribution in [3.05, 3.63) is 66.5 Å². The molecule has 0 bridgehead atoms. The van der Waals surface area contributed by atoms with Crippen LogP contribution in [0.25, 0.3) is 0 Å². The minimum Gasteiger partial charge on any atom is -0.340 e. The molecule has 28 heavy (non-hydrogen) atoms.